The molecule has 1 fully saturated rings. The van der Waals surface area contributed by atoms with Gasteiger partial charge in [-0.25, -0.2) is 4.98 Å². The topological polar surface area (TPSA) is 71.2 Å². The van der Waals surface area contributed by atoms with Gasteiger partial charge in [0.25, 0.3) is 5.91 Å². The summed E-state index contributed by atoms with van der Waals surface area (Å²) in [6, 6.07) is 0. The maximum atomic E-state index is 12.0. The van der Waals surface area contributed by atoms with E-state index in [9.17, 15) is 4.79 Å². The zero-order valence-corrected chi connectivity index (χ0v) is 11.7. The van der Waals surface area contributed by atoms with Crippen molar-refractivity contribution in [3.05, 3.63) is 16.1 Å². The van der Waals surface area contributed by atoms with Crippen LogP contribution in [0.2, 0.25) is 0 Å². The van der Waals surface area contributed by atoms with Crippen molar-refractivity contribution in [2.45, 2.75) is 31.3 Å². The molecule has 18 heavy (non-hydrogen) atoms. The number of hydrogen-bond acceptors (Lipinski definition) is 5. The maximum Gasteiger partial charge on any atom is 0.270 e. The molecule has 1 amide bonds. The zero-order valence-electron chi connectivity index (χ0n) is 10.9. The van der Waals surface area contributed by atoms with Crippen LogP contribution in [-0.2, 0) is 6.54 Å². The second kappa shape index (κ2) is 5.34. The summed E-state index contributed by atoms with van der Waals surface area (Å²) in [7, 11) is 4.14. The van der Waals surface area contributed by atoms with E-state index in [2.05, 4.69) is 29.3 Å². The summed E-state index contributed by atoms with van der Waals surface area (Å²) in [4.78, 5) is 18.4. The zero-order chi connectivity index (χ0) is 13.2. The molecule has 1 aliphatic rings. The van der Waals surface area contributed by atoms with Gasteiger partial charge in [0, 0.05) is 24.0 Å². The minimum absolute atomic E-state index is 0.0981. The van der Waals surface area contributed by atoms with E-state index < -0.39 is 0 Å². The molecule has 1 aliphatic carbocycles. The van der Waals surface area contributed by atoms with Gasteiger partial charge in [-0.05, 0) is 33.4 Å². The molecule has 0 aromatic carbocycles. The van der Waals surface area contributed by atoms with Gasteiger partial charge in [0.1, 0.15) is 10.7 Å². The van der Waals surface area contributed by atoms with Crippen molar-refractivity contribution in [1.82, 2.24) is 15.2 Å². The highest BCUT2D eigenvalue weighted by molar-refractivity contribution is 7.09. The molecular weight excluding hydrogens is 248 g/mol. The quantitative estimate of drug-likeness (QED) is 0.829. The van der Waals surface area contributed by atoms with Crippen LogP contribution in [0.15, 0.2) is 5.38 Å². The summed E-state index contributed by atoms with van der Waals surface area (Å²) in [5.41, 5.74) is 6.11. The fraction of sp³-hybridized carbons (Fsp3) is 0.667. The molecule has 1 aromatic rings. The molecule has 0 atom stereocenters. The second-order valence-electron chi connectivity index (χ2n) is 4.99. The Morgan fingerprint density at radius 3 is 2.78 bits per heavy atom. The number of thiazole rings is 1. The molecule has 100 valence electrons. The lowest BCUT2D eigenvalue weighted by molar-refractivity contribution is 0.0556. The summed E-state index contributed by atoms with van der Waals surface area (Å²) in [6.07, 6.45) is 3.53. The molecule has 6 heteroatoms. The predicted molar refractivity (Wildman–Crippen MR) is 72.6 cm³/mol. The molecule has 0 unspecified atom stereocenters. The van der Waals surface area contributed by atoms with Crippen LogP contribution >= 0.6 is 11.3 Å². The first-order valence-electron chi connectivity index (χ1n) is 6.17. The summed E-state index contributed by atoms with van der Waals surface area (Å²) in [6.45, 7) is 1.08. The van der Waals surface area contributed by atoms with Crippen LogP contribution < -0.4 is 11.1 Å². The van der Waals surface area contributed by atoms with Crippen LogP contribution in [0.4, 0.5) is 0 Å². The minimum atomic E-state index is -0.0981. The third-order valence-electron chi connectivity index (χ3n) is 3.77. The van der Waals surface area contributed by atoms with Crippen molar-refractivity contribution in [2.75, 3.05) is 20.6 Å². The van der Waals surface area contributed by atoms with E-state index in [1.807, 2.05) is 0 Å². The number of carbonyl (C=O) groups is 1. The third-order valence-corrected chi connectivity index (χ3v) is 4.64. The average Bonchev–Trinajstić information content (AvgIpc) is 2.75. The van der Waals surface area contributed by atoms with E-state index >= 15 is 0 Å². The molecule has 5 nitrogen and oxygen atoms in total. The van der Waals surface area contributed by atoms with Gasteiger partial charge in [-0.15, -0.1) is 11.3 Å². The van der Waals surface area contributed by atoms with Crippen LogP contribution in [0.25, 0.3) is 0 Å². The Bertz CT molecular complexity index is 425. The Kier molecular flexibility index (Phi) is 3.99. The summed E-state index contributed by atoms with van der Waals surface area (Å²) in [5.74, 6) is -0.0981. The minimum Gasteiger partial charge on any atom is -0.349 e. The van der Waals surface area contributed by atoms with Gasteiger partial charge in [0.15, 0.2) is 0 Å². The second-order valence-corrected chi connectivity index (χ2v) is 5.93. The molecule has 0 spiro atoms. The summed E-state index contributed by atoms with van der Waals surface area (Å²) in [5, 5.41) is 5.55. The van der Waals surface area contributed by atoms with Crippen molar-refractivity contribution in [1.29, 1.82) is 0 Å². The molecular formula is C12H20N4OS. The molecule has 0 radical (unpaired) electrons. The van der Waals surface area contributed by atoms with Gasteiger partial charge in [-0.3, -0.25) is 4.79 Å². The van der Waals surface area contributed by atoms with E-state index in [-0.39, 0.29) is 11.4 Å². The number of likely N-dealkylation sites (N-methyl/N-ethyl adjacent to an activating group) is 1. The first-order valence-corrected chi connectivity index (χ1v) is 7.05. The Morgan fingerprint density at radius 1 is 1.61 bits per heavy atom. The number of aromatic nitrogens is 1. The highest BCUT2D eigenvalue weighted by Gasteiger charge is 2.39. The normalized spacial score (nSPS) is 17.6. The number of rotatable bonds is 5. The first-order chi connectivity index (χ1) is 8.57. The van der Waals surface area contributed by atoms with Gasteiger partial charge < -0.3 is 16.0 Å². The molecule has 3 N–H and O–H groups in total. The number of amides is 1. The van der Waals surface area contributed by atoms with Gasteiger partial charge in [-0.1, -0.05) is 0 Å². The predicted octanol–water partition coefficient (Wildman–Crippen LogP) is 0.816. The Morgan fingerprint density at radius 2 is 2.33 bits per heavy atom. The third kappa shape index (κ3) is 2.55. The SMILES string of the molecule is CN(C)C1(CNC(=O)c2csc(CN)n2)CCC1. The summed E-state index contributed by atoms with van der Waals surface area (Å²) >= 11 is 1.43. The van der Waals surface area contributed by atoms with E-state index in [1.165, 1.54) is 17.8 Å². The van der Waals surface area contributed by atoms with Crippen molar-refractivity contribution in [3.63, 3.8) is 0 Å². The van der Waals surface area contributed by atoms with E-state index in [0.29, 0.717) is 18.8 Å². The first kappa shape index (κ1) is 13.5. The fourth-order valence-corrected chi connectivity index (χ4v) is 2.87. The van der Waals surface area contributed by atoms with Crippen LogP contribution in [-0.4, -0.2) is 42.0 Å². The lowest BCUT2D eigenvalue weighted by Crippen LogP contribution is -2.57. The van der Waals surface area contributed by atoms with E-state index in [0.717, 1.165) is 17.8 Å². The standard InChI is InChI=1S/C12H20N4OS/c1-16(2)12(4-3-5-12)8-14-11(17)9-7-18-10(6-13)15-9/h7H,3-6,8,13H2,1-2H3,(H,14,17). The lowest BCUT2D eigenvalue weighted by Gasteiger charge is -2.47. The monoisotopic (exact) mass is 268 g/mol. The number of nitrogens with one attached hydrogen (secondary N) is 1. The number of hydrogen-bond donors (Lipinski definition) is 2. The molecule has 1 aromatic heterocycles. The molecule has 0 saturated heterocycles. The van der Waals surface area contributed by atoms with E-state index in [1.54, 1.807) is 5.38 Å². The largest absolute Gasteiger partial charge is 0.349 e. The number of nitrogens with zero attached hydrogens (tertiary/aromatic N) is 2. The Hall–Kier alpha value is -0.980. The van der Waals surface area contributed by atoms with Gasteiger partial charge in [0.05, 0.1) is 0 Å². The molecule has 1 heterocycles. The molecule has 2 rings (SSSR count). The number of carbonyl (C=O) groups excluding carboxylic acids is 1. The van der Waals surface area contributed by atoms with Gasteiger partial charge in [-0.2, -0.15) is 0 Å². The van der Waals surface area contributed by atoms with Crippen LogP contribution in [0, 0.1) is 0 Å². The van der Waals surface area contributed by atoms with Crippen LogP contribution in [0.1, 0.15) is 34.8 Å². The highest BCUT2D eigenvalue weighted by atomic mass is 32.1. The average molecular weight is 268 g/mol. The highest BCUT2D eigenvalue weighted by Crippen LogP contribution is 2.35. The molecule has 0 aliphatic heterocycles. The van der Waals surface area contributed by atoms with Crippen molar-refractivity contribution in [3.8, 4) is 0 Å². The van der Waals surface area contributed by atoms with Gasteiger partial charge in [0.2, 0.25) is 0 Å². The lowest BCUT2D eigenvalue weighted by atomic mass is 9.75. The van der Waals surface area contributed by atoms with Crippen molar-refractivity contribution >= 4 is 17.2 Å². The van der Waals surface area contributed by atoms with E-state index in [4.69, 9.17) is 5.73 Å². The van der Waals surface area contributed by atoms with Crippen molar-refractivity contribution in [2.24, 2.45) is 5.73 Å². The molecule has 1 saturated carbocycles. The van der Waals surface area contributed by atoms with Gasteiger partial charge >= 0.3 is 0 Å². The van der Waals surface area contributed by atoms with Crippen LogP contribution in [0.3, 0.4) is 0 Å². The number of nitrogens with two attached hydrogens (primary N) is 1. The summed E-state index contributed by atoms with van der Waals surface area (Å²) < 4.78 is 0. The van der Waals surface area contributed by atoms with Crippen LogP contribution in [0.5, 0.6) is 0 Å². The fourth-order valence-electron chi connectivity index (χ4n) is 2.21. The Balaban J connectivity index is 1.92. The van der Waals surface area contributed by atoms with Crippen molar-refractivity contribution < 1.29 is 4.79 Å². The molecule has 0 bridgehead atoms. The maximum absolute atomic E-state index is 12.0. The smallest absolute Gasteiger partial charge is 0.270 e. The Labute approximate surface area is 111 Å².